The number of amides is 1. The molecule has 0 N–H and O–H groups in total. The van der Waals surface area contributed by atoms with Gasteiger partial charge in [0.25, 0.3) is 5.91 Å². The molecular weight excluding hydrogens is 279 g/mol. The minimum absolute atomic E-state index is 0.0881. The van der Waals surface area contributed by atoms with Crippen LogP contribution in [0.1, 0.15) is 42.6 Å². The highest BCUT2D eigenvalue weighted by Gasteiger charge is 2.28. The average molecular weight is 306 g/mol. The summed E-state index contributed by atoms with van der Waals surface area (Å²) in [6.07, 6.45) is 2.48. The summed E-state index contributed by atoms with van der Waals surface area (Å²) >= 11 is 0. The van der Waals surface area contributed by atoms with Crippen LogP contribution in [0.5, 0.6) is 0 Å². The molecule has 4 heteroatoms. The van der Waals surface area contributed by atoms with E-state index in [1.54, 1.807) is 24.0 Å². The zero-order valence-electron chi connectivity index (χ0n) is 14.1. The number of halogens is 1. The molecule has 1 aliphatic heterocycles. The fourth-order valence-corrected chi connectivity index (χ4v) is 3.19. The van der Waals surface area contributed by atoms with Crippen LogP contribution >= 0.6 is 0 Å². The Morgan fingerprint density at radius 3 is 2.55 bits per heavy atom. The molecule has 0 bridgehead atoms. The molecule has 0 aliphatic carbocycles. The van der Waals surface area contributed by atoms with Gasteiger partial charge in [-0.3, -0.25) is 4.79 Å². The third-order valence-corrected chi connectivity index (χ3v) is 4.73. The molecule has 0 radical (unpaired) electrons. The molecule has 0 unspecified atom stereocenters. The molecule has 1 aliphatic rings. The van der Waals surface area contributed by atoms with Crippen molar-refractivity contribution < 1.29 is 9.18 Å². The molecule has 1 amide bonds. The SMILES string of the molecule is Cc1c(F)cccc1C(=O)N(C)[C@H](CN1CCCC1)C(C)C. The maximum absolute atomic E-state index is 13.7. The standard InChI is InChI=1S/C18H27FN2O/c1-13(2)17(12-21-10-5-6-11-21)20(4)18(22)15-8-7-9-16(19)14(15)3/h7-9,13,17H,5-6,10-12H2,1-4H3/t17-/m1/s1. The number of benzene rings is 1. The van der Waals surface area contributed by atoms with Gasteiger partial charge in [-0.05, 0) is 56.5 Å². The number of likely N-dealkylation sites (N-methyl/N-ethyl adjacent to an activating group) is 1. The molecular formula is C18H27FN2O. The lowest BCUT2D eigenvalue weighted by Gasteiger charge is -2.34. The smallest absolute Gasteiger partial charge is 0.254 e. The van der Waals surface area contributed by atoms with Crippen molar-refractivity contribution in [3.05, 3.63) is 35.1 Å². The summed E-state index contributed by atoms with van der Waals surface area (Å²) < 4.78 is 13.7. The van der Waals surface area contributed by atoms with Crippen LogP contribution in [-0.4, -0.2) is 48.4 Å². The molecule has 1 aromatic rings. The Morgan fingerprint density at radius 2 is 1.95 bits per heavy atom. The first kappa shape index (κ1) is 16.9. The summed E-state index contributed by atoms with van der Waals surface area (Å²) in [6, 6.07) is 4.86. The summed E-state index contributed by atoms with van der Waals surface area (Å²) in [7, 11) is 1.84. The lowest BCUT2D eigenvalue weighted by Crippen LogP contribution is -2.47. The number of rotatable bonds is 5. The van der Waals surface area contributed by atoms with Gasteiger partial charge in [0, 0.05) is 25.2 Å². The van der Waals surface area contributed by atoms with E-state index < -0.39 is 0 Å². The summed E-state index contributed by atoms with van der Waals surface area (Å²) in [4.78, 5) is 17.0. The molecule has 2 rings (SSSR count). The highest BCUT2D eigenvalue weighted by Crippen LogP contribution is 2.20. The number of hydrogen-bond acceptors (Lipinski definition) is 2. The Kier molecular flexibility index (Phi) is 5.57. The lowest BCUT2D eigenvalue weighted by atomic mass is 10.00. The molecule has 1 saturated heterocycles. The third-order valence-electron chi connectivity index (χ3n) is 4.73. The second kappa shape index (κ2) is 7.23. The monoisotopic (exact) mass is 306 g/mol. The van der Waals surface area contributed by atoms with Crippen molar-refractivity contribution in [2.75, 3.05) is 26.7 Å². The molecule has 0 spiro atoms. The number of likely N-dealkylation sites (tertiary alicyclic amines) is 1. The van der Waals surface area contributed by atoms with Gasteiger partial charge in [0.2, 0.25) is 0 Å². The summed E-state index contributed by atoms with van der Waals surface area (Å²) in [5.41, 5.74) is 0.901. The molecule has 22 heavy (non-hydrogen) atoms. The van der Waals surface area contributed by atoms with Crippen LogP contribution in [0.3, 0.4) is 0 Å². The first-order valence-electron chi connectivity index (χ1n) is 8.16. The second-order valence-corrected chi connectivity index (χ2v) is 6.65. The van der Waals surface area contributed by atoms with Gasteiger partial charge in [-0.2, -0.15) is 0 Å². The molecule has 1 heterocycles. The topological polar surface area (TPSA) is 23.6 Å². The first-order chi connectivity index (χ1) is 10.4. The zero-order valence-corrected chi connectivity index (χ0v) is 14.1. The van der Waals surface area contributed by atoms with E-state index >= 15 is 0 Å². The lowest BCUT2D eigenvalue weighted by molar-refractivity contribution is 0.0640. The Hall–Kier alpha value is -1.42. The highest BCUT2D eigenvalue weighted by atomic mass is 19.1. The first-order valence-corrected chi connectivity index (χ1v) is 8.16. The summed E-state index contributed by atoms with van der Waals surface area (Å²) in [5.74, 6) is -0.0433. The van der Waals surface area contributed by atoms with Crippen molar-refractivity contribution in [2.45, 2.75) is 39.7 Å². The van der Waals surface area contributed by atoms with E-state index in [2.05, 4.69) is 18.7 Å². The number of carbonyl (C=O) groups is 1. The molecule has 3 nitrogen and oxygen atoms in total. The number of nitrogens with zero attached hydrogens (tertiary/aromatic N) is 2. The van der Waals surface area contributed by atoms with E-state index in [0.29, 0.717) is 17.0 Å². The van der Waals surface area contributed by atoms with Crippen LogP contribution in [0, 0.1) is 18.7 Å². The van der Waals surface area contributed by atoms with Crippen LogP contribution in [0.2, 0.25) is 0 Å². The van der Waals surface area contributed by atoms with E-state index in [0.717, 1.165) is 19.6 Å². The van der Waals surface area contributed by atoms with Gasteiger partial charge in [0.05, 0.1) is 0 Å². The van der Waals surface area contributed by atoms with Crippen molar-refractivity contribution in [3.63, 3.8) is 0 Å². The van der Waals surface area contributed by atoms with Gasteiger partial charge in [0.15, 0.2) is 0 Å². The van der Waals surface area contributed by atoms with Crippen LogP contribution in [0.4, 0.5) is 4.39 Å². The largest absolute Gasteiger partial charge is 0.337 e. The average Bonchev–Trinajstić information content (AvgIpc) is 2.99. The maximum atomic E-state index is 13.7. The Labute approximate surface area is 133 Å². The second-order valence-electron chi connectivity index (χ2n) is 6.65. The quantitative estimate of drug-likeness (QED) is 0.833. The van der Waals surface area contributed by atoms with Crippen LogP contribution < -0.4 is 0 Å². The third kappa shape index (κ3) is 3.67. The zero-order chi connectivity index (χ0) is 16.3. The van der Waals surface area contributed by atoms with E-state index in [-0.39, 0.29) is 17.8 Å². The molecule has 0 saturated carbocycles. The van der Waals surface area contributed by atoms with Gasteiger partial charge < -0.3 is 9.80 Å². The highest BCUT2D eigenvalue weighted by molar-refractivity contribution is 5.95. The van der Waals surface area contributed by atoms with Gasteiger partial charge in [-0.1, -0.05) is 19.9 Å². The van der Waals surface area contributed by atoms with Crippen molar-refractivity contribution in [1.29, 1.82) is 0 Å². The van der Waals surface area contributed by atoms with E-state index in [9.17, 15) is 9.18 Å². The fourth-order valence-electron chi connectivity index (χ4n) is 3.19. The fraction of sp³-hybridized carbons (Fsp3) is 0.611. The molecule has 1 atom stereocenters. The van der Waals surface area contributed by atoms with Crippen molar-refractivity contribution >= 4 is 5.91 Å². The molecule has 122 valence electrons. The van der Waals surface area contributed by atoms with Gasteiger partial charge in [-0.25, -0.2) is 4.39 Å². The minimum atomic E-state index is -0.320. The summed E-state index contributed by atoms with van der Waals surface area (Å²) in [6.45, 7) is 9.08. The van der Waals surface area contributed by atoms with Crippen molar-refractivity contribution in [1.82, 2.24) is 9.80 Å². The Morgan fingerprint density at radius 1 is 1.32 bits per heavy atom. The van der Waals surface area contributed by atoms with Gasteiger partial charge in [-0.15, -0.1) is 0 Å². The normalized spacial score (nSPS) is 17.0. The van der Waals surface area contributed by atoms with Crippen molar-refractivity contribution in [3.8, 4) is 0 Å². The molecule has 1 fully saturated rings. The van der Waals surface area contributed by atoms with Crippen LogP contribution in [0.15, 0.2) is 18.2 Å². The van der Waals surface area contributed by atoms with Crippen LogP contribution in [0.25, 0.3) is 0 Å². The van der Waals surface area contributed by atoms with Crippen molar-refractivity contribution in [2.24, 2.45) is 5.92 Å². The van der Waals surface area contributed by atoms with Crippen LogP contribution in [-0.2, 0) is 0 Å². The number of hydrogen-bond donors (Lipinski definition) is 0. The number of carbonyl (C=O) groups excluding carboxylic acids is 1. The molecule has 1 aromatic carbocycles. The maximum Gasteiger partial charge on any atom is 0.254 e. The summed E-state index contributed by atoms with van der Waals surface area (Å²) in [5, 5.41) is 0. The van der Waals surface area contributed by atoms with Gasteiger partial charge >= 0.3 is 0 Å². The van der Waals surface area contributed by atoms with E-state index in [1.165, 1.54) is 18.9 Å². The Balaban J connectivity index is 2.16. The predicted octanol–water partition coefficient (Wildman–Crippen LogP) is 3.33. The predicted molar refractivity (Wildman–Crippen MR) is 87.5 cm³/mol. The minimum Gasteiger partial charge on any atom is -0.337 e. The Bertz CT molecular complexity index is 524. The van der Waals surface area contributed by atoms with Gasteiger partial charge in [0.1, 0.15) is 5.82 Å². The van der Waals surface area contributed by atoms with E-state index in [1.807, 2.05) is 7.05 Å². The van der Waals surface area contributed by atoms with E-state index in [4.69, 9.17) is 0 Å². The molecule has 0 aromatic heterocycles.